The lowest BCUT2D eigenvalue weighted by Gasteiger charge is -2.26. The lowest BCUT2D eigenvalue weighted by Crippen LogP contribution is -2.37. The van der Waals surface area contributed by atoms with E-state index in [1.54, 1.807) is 47.2 Å². The molecule has 5 rings (SSSR count). The molecule has 55 heavy (non-hydrogen) atoms. The minimum atomic E-state index is -0.352. The Hall–Kier alpha value is -5.20. The molecule has 1 N–H and O–H groups in total. The topological polar surface area (TPSA) is 128 Å². The van der Waals surface area contributed by atoms with Crippen LogP contribution in [-0.2, 0) is 22.6 Å². The van der Waals surface area contributed by atoms with Gasteiger partial charge in [-0.3, -0.25) is 14.5 Å². The van der Waals surface area contributed by atoms with Crippen LogP contribution in [0.1, 0.15) is 75.0 Å². The van der Waals surface area contributed by atoms with Gasteiger partial charge in [0.05, 0.1) is 51.8 Å². The third kappa shape index (κ3) is 12.7. The van der Waals surface area contributed by atoms with Crippen LogP contribution in [0.4, 0.5) is 0 Å². The molecule has 12 nitrogen and oxygen atoms in total. The molecule has 294 valence electrons. The third-order valence-electron chi connectivity index (χ3n) is 9.65. The fourth-order valence-corrected chi connectivity index (χ4v) is 6.20. The second kappa shape index (κ2) is 19.9. The summed E-state index contributed by atoms with van der Waals surface area (Å²) in [6.45, 7) is 14.2. The number of carbonyl (C=O) groups is 2. The number of hydrogen-bond donors (Lipinski definition) is 1. The van der Waals surface area contributed by atoms with Crippen LogP contribution >= 0.6 is 0 Å². The molecule has 0 bridgehead atoms. The lowest BCUT2D eigenvalue weighted by molar-refractivity contribution is -0.124. The Kier molecular flexibility index (Phi) is 14.8. The molecule has 0 aliphatic carbocycles. The molecular weight excluding hydrogens is 699 g/mol. The average molecular weight is 754 g/mol. The van der Waals surface area contributed by atoms with E-state index in [4.69, 9.17) is 18.9 Å². The second-order valence-corrected chi connectivity index (χ2v) is 14.6. The van der Waals surface area contributed by atoms with Crippen molar-refractivity contribution in [2.75, 3.05) is 53.2 Å². The second-order valence-electron chi connectivity index (χ2n) is 14.6. The average Bonchev–Trinajstić information content (AvgIpc) is 3.63. The summed E-state index contributed by atoms with van der Waals surface area (Å²) < 4.78 is 24.4. The summed E-state index contributed by atoms with van der Waals surface area (Å²) >= 11 is 0. The number of carbonyl (C=O) groups excluding carboxylic acids is 2. The van der Waals surface area contributed by atoms with E-state index < -0.39 is 0 Å². The Bertz CT molecular complexity index is 1890. The summed E-state index contributed by atoms with van der Waals surface area (Å²) in [5.74, 6) is 1.00. The number of phenolic OH excluding ortho intramolecular Hbond substituents is 1. The molecule has 0 radical (unpaired) electrons. The van der Waals surface area contributed by atoms with Crippen LogP contribution < -0.4 is 14.2 Å². The molecule has 0 saturated carbocycles. The van der Waals surface area contributed by atoms with Crippen molar-refractivity contribution in [2.45, 2.75) is 66.5 Å². The fourth-order valence-electron chi connectivity index (χ4n) is 6.20. The maximum Gasteiger partial charge on any atom is 0.250 e. The first-order valence-electron chi connectivity index (χ1n) is 19.0. The van der Waals surface area contributed by atoms with Gasteiger partial charge < -0.3 is 29.0 Å². The molecule has 0 atom stereocenters. The van der Waals surface area contributed by atoms with Gasteiger partial charge in [0.25, 0.3) is 5.91 Å². The molecule has 2 aromatic carbocycles. The minimum Gasteiger partial charge on any atom is -0.507 e. The van der Waals surface area contributed by atoms with E-state index in [0.29, 0.717) is 42.6 Å². The molecule has 1 saturated heterocycles. The van der Waals surface area contributed by atoms with Crippen molar-refractivity contribution in [1.82, 2.24) is 24.8 Å². The van der Waals surface area contributed by atoms with E-state index in [0.717, 1.165) is 69.8 Å². The monoisotopic (exact) mass is 753 g/mol. The van der Waals surface area contributed by atoms with Crippen molar-refractivity contribution in [1.29, 1.82) is 0 Å². The number of ketones is 1. The first kappa shape index (κ1) is 41.0. The van der Waals surface area contributed by atoms with Crippen molar-refractivity contribution in [3.63, 3.8) is 0 Å². The summed E-state index contributed by atoms with van der Waals surface area (Å²) in [6.07, 6.45) is 16.5. The zero-order chi connectivity index (χ0) is 39.2. The highest BCUT2D eigenvalue weighted by Gasteiger charge is 2.19. The maximum absolute atomic E-state index is 13.3. The molecular formula is C43H55N5O7. The first-order chi connectivity index (χ1) is 26.5. The molecule has 3 aromatic rings. The number of allylic oxidation sites excluding steroid dienone is 6. The molecule has 3 heterocycles. The Morgan fingerprint density at radius 3 is 2.62 bits per heavy atom. The molecule has 12 heteroatoms. The summed E-state index contributed by atoms with van der Waals surface area (Å²) in [7, 11) is 1.60. The van der Waals surface area contributed by atoms with Crippen molar-refractivity contribution < 1.29 is 33.6 Å². The number of benzene rings is 2. The number of amides is 1. The van der Waals surface area contributed by atoms with Gasteiger partial charge in [-0.2, -0.15) is 0 Å². The number of morpholine rings is 1. The lowest BCUT2D eigenvalue weighted by atomic mass is 9.87. The number of hydrogen-bond acceptors (Lipinski definition) is 10. The van der Waals surface area contributed by atoms with E-state index in [1.807, 2.05) is 31.2 Å². The van der Waals surface area contributed by atoms with Crippen molar-refractivity contribution in [3.8, 4) is 23.0 Å². The highest BCUT2D eigenvalue weighted by Crippen LogP contribution is 2.30. The Morgan fingerprint density at radius 1 is 1.02 bits per heavy atom. The number of phenols is 1. The number of nitrogens with zero attached hydrogens (tertiary/aromatic N) is 5. The van der Waals surface area contributed by atoms with E-state index >= 15 is 0 Å². The first-order valence-corrected chi connectivity index (χ1v) is 19.0. The SMILES string of the molecule is COc1ccc(/C=C/C(=O)c2ccc(OCCn3cc(CN4C(=O)/C=C/C(C)(C)C/C=C(\C)CC/C=C/4C)nn3)cc2O)cc1OCCCN1CCOCC1. The van der Waals surface area contributed by atoms with E-state index in [9.17, 15) is 14.7 Å². The van der Waals surface area contributed by atoms with Gasteiger partial charge in [-0.25, -0.2) is 4.68 Å². The number of rotatable bonds is 15. The van der Waals surface area contributed by atoms with Gasteiger partial charge in [0.2, 0.25) is 0 Å². The maximum atomic E-state index is 13.3. The van der Waals surface area contributed by atoms with Crippen LogP contribution in [-0.4, -0.2) is 94.8 Å². The zero-order valence-electron chi connectivity index (χ0n) is 32.8. The molecule has 2 aliphatic rings. The molecule has 0 unspecified atom stereocenters. The van der Waals surface area contributed by atoms with Crippen molar-refractivity contribution in [2.24, 2.45) is 5.41 Å². The van der Waals surface area contributed by atoms with Gasteiger partial charge in [-0.05, 0) is 80.9 Å². The number of methoxy groups -OCH3 is 1. The van der Waals surface area contributed by atoms with Crippen LogP contribution in [0, 0.1) is 5.41 Å². The smallest absolute Gasteiger partial charge is 0.250 e. The van der Waals surface area contributed by atoms with E-state index in [2.05, 4.69) is 48.1 Å². The van der Waals surface area contributed by atoms with Crippen LogP contribution in [0.2, 0.25) is 0 Å². The van der Waals surface area contributed by atoms with Gasteiger partial charge in [-0.15, -0.1) is 5.10 Å². The van der Waals surface area contributed by atoms with Crippen LogP contribution in [0.5, 0.6) is 23.0 Å². The molecule has 0 spiro atoms. The van der Waals surface area contributed by atoms with Crippen LogP contribution in [0.25, 0.3) is 6.08 Å². The molecule has 1 aromatic heterocycles. The fraction of sp³-hybridized carbons (Fsp3) is 0.442. The number of aromatic nitrogens is 3. The quantitative estimate of drug-likeness (QED) is 0.0749. The van der Waals surface area contributed by atoms with E-state index in [1.165, 1.54) is 17.7 Å². The van der Waals surface area contributed by atoms with Crippen LogP contribution in [0.3, 0.4) is 0 Å². The summed E-state index contributed by atoms with van der Waals surface area (Å²) in [5, 5.41) is 19.2. The summed E-state index contributed by atoms with van der Waals surface area (Å²) in [6, 6.07) is 10.1. The van der Waals surface area contributed by atoms with Crippen molar-refractivity contribution >= 4 is 17.8 Å². The van der Waals surface area contributed by atoms with Gasteiger partial charge in [-0.1, -0.05) is 55.0 Å². The summed E-state index contributed by atoms with van der Waals surface area (Å²) in [5.41, 5.74) is 3.67. The Morgan fingerprint density at radius 2 is 1.84 bits per heavy atom. The minimum absolute atomic E-state index is 0.0936. The van der Waals surface area contributed by atoms with Crippen molar-refractivity contribution in [3.05, 3.63) is 101 Å². The van der Waals surface area contributed by atoms with Crippen LogP contribution in [0.15, 0.2) is 84.2 Å². The van der Waals surface area contributed by atoms with Gasteiger partial charge in [0, 0.05) is 37.5 Å². The van der Waals surface area contributed by atoms with Gasteiger partial charge >= 0.3 is 0 Å². The standard InChI is InChI=1S/C43H55N5O7/c1-32-8-6-9-33(2)48(42(51)17-19-43(3,4)18-16-32)31-35-30-47(45-44-35)23-27-54-36-12-13-37(39(50)29-36)38(49)14-10-34-11-15-40(52-5)41(28-34)55-24-7-20-46-21-25-53-26-22-46/h9-17,19,28-30,50H,6-8,18,20-27,31H2,1-5H3/b14-10+,19-17+,32-16+,33-9+. The summed E-state index contributed by atoms with van der Waals surface area (Å²) in [4.78, 5) is 30.4. The molecule has 2 aliphatic heterocycles. The van der Waals surface area contributed by atoms with Gasteiger partial charge in [0.15, 0.2) is 17.3 Å². The molecule has 1 fully saturated rings. The number of ether oxygens (including phenoxy) is 4. The van der Waals surface area contributed by atoms with Gasteiger partial charge in [0.1, 0.15) is 23.8 Å². The highest BCUT2D eigenvalue weighted by molar-refractivity contribution is 6.08. The predicted molar refractivity (Wildman–Crippen MR) is 212 cm³/mol. The Balaban J connectivity index is 1.12. The largest absolute Gasteiger partial charge is 0.507 e. The normalized spacial score (nSPS) is 19.4. The third-order valence-corrected chi connectivity index (χ3v) is 9.65. The zero-order valence-corrected chi connectivity index (χ0v) is 32.8. The molecule has 1 amide bonds. The van der Waals surface area contributed by atoms with E-state index in [-0.39, 0.29) is 35.0 Å². The highest BCUT2D eigenvalue weighted by atomic mass is 16.5. The Labute approximate surface area is 324 Å². The number of aromatic hydroxyl groups is 1. The predicted octanol–water partition coefficient (Wildman–Crippen LogP) is 7.01.